The molecule has 0 bridgehead atoms. The standard InChI is InChI=1S/C16H23ClN2O2/c1-5-19(12(2)11-18(3)4)16-13(9-10-15(20)21)7-6-8-14(16)17/h6-10,12H,5,11H2,1-4H3,(H,20,21)/b10-9+. The van der Waals surface area contributed by atoms with Crippen molar-refractivity contribution in [2.24, 2.45) is 0 Å². The van der Waals surface area contributed by atoms with E-state index in [2.05, 4.69) is 23.6 Å². The summed E-state index contributed by atoms with van der Waals surface area (Å²) in [6.07, 6.45) is 2.73. The van der Waals surface area contributed by atoms with Gasteiger partial charge >= 0.3 is 5.97 Å². The SMILES string of the molecule is CCN(c1c(Cl)cccc1/C=C/C(=O)O)C(C)CN(C)C. The summed E-state index contributed by atoms with van der Waals surface area (Å²) in [4.78, 5) is 15.1. The van der Waals surface area contributed by atoms with Gasteiger partial charge in [0.15, 0.2) is 0 Å². The molecule has 1 rings (SSSR count). The number of para-hydroxylation sites is 1. The van der Waals surface area contributed by atoms with Gasteiger partial charge in [0.2, 0.25) is 0 Å². The fourth-order valence-electron chi connectivity index (χ4n) is 2.45. The molecule has 0 amide bonds. The van der Waals surface area contributed by atoms with E-state index in [1.165, 1.54) is 0 Å². The second-order valence-electron chi connectivity index (χ2n) is 5.25. The zero-order valence-electron chi connectivity index (χ0n) is 13.0. The van der Waals surface area contributed by atoms with Crippen molar-refractivity contribution in [1.29, 1.82) is 0 Å². The van der Waals surface area contributed by atoms with Crippen molar-refractivity contribution in [1.82, 2.24) is 4.90 Å². The van der Waals surface area contributed by atoms with E-state index in [1.807, 2.05) is 32.3 Å². The van der Waals surface area contributed by atoms with Crippen LogP contribution in [-0.4, -0.2) is 49.2 Å². The summed E-state index contributed by atoms with van der Waals surface area (Å²) in [7, 11) is 4.06. The number of carbonyl (C=O) groups is 1. The highest BCUT2D eigenvalue weighted by atomic mass is 35.5. The largest absolute Gasteiger partial charge is 0.478 e. The lowest BCUT2D eigenvalue weighted by Gasteiger charge is -2.33. The van der Waals surface area contributed by atoms with Crippen molar-refractivity contribution in [2.75, 3.05) is 32.1 Å². The first-order valence-corrected chi connectivity index (χ1v) is 7.35. The predicted octanol–water partition coefficient (Wildman–Crippen LogP) is 3.21. The lowest BCUT2D eigenvalue weighted by Crippen LogP contribution is -2.40. The molecule has 0 heterocycles. The molecule has 1 aromatic carbocycles. The van der Waals surface area contributed by atoms with Crippen LogP contribution in [0, 0.1) is 0 Å². The molecule has 1 N–H and O–H groups in total. The van der Waals surface area contributed by atoms with Crippen LogP contribution in [0.4, 0.5) is 5.69 Å². The third-order valence-electron chi connectivity index (χ3n) is 3.21. The zero-order valence-corrected chi connectivity index (χ0v) is 13.8. The van der Waals surface area contributed by atoms with Crippen molar-refractivity contribution in [3.63, 3.8) is 0 Å². The van der Waals surface area contributed by atoms with Crippen LogP contribution in [0.15, 0.2) is 24.3 Å². The maximum atomic E-state index is 10.7. The fraction of sp³-hybridized carbons (Fsp3) is 0.438. The maximum Gasteiger partial charge on any atom is 0.328 e. The van der Waals surface area contributed by atoms with E-state index in [4.69, 9.17) is 16.7 Å². The van der Waals surface area contributed by atoms with Crippen molar-refractivity contribution in [3.05, 3.63) is 34.9 Å². The Kier molecular flexibility index (Phi) is 6.72. The smallest absolute Gasteiger partial charge is 0.328 e. The number of aliphatic carboxylic acids is 1. The lowest BCUT2D eigenvalue weighted by atomic mass is 10.1. The highest BCUT2D eigenvalue weighted by molar-refractivity contribution is 6.33. The van der Waals surface area contributed by atoms with Crippen LogP contribution in [0.3, 0.4) is 0 Å². The molecule has 0 aliphatic rings. The van der Waals surface area contributed by atoms with Crippen molar-refractivity contribution in [2.45, 2.75) is 19.9 Å². The van der Waals surface area contributed by atoms with E-state index in [0.717, 1.165) is 30.4 Å². The molecule has 1 unspecified atom stereocenters. The molecule has 0 aliphatic heterocycles. The fourth-order valence-corrected chi connectivity index (χ4v) is 2.74. The summed E-state index contributed by atoms with van der Waals surface area (Å²) < 4.78 is 0. The second kappa shape index (κ2) is 8.05. The molecule has 0 saturated heterocycles. The minimum absolute atomic E-state index is 0.266. The minimum Gasteiger partial charge on any atom is -0.478 e. The highest BCUT2D eigenvalue weighted by Crippen LogP contribution is 2.32. The molecular weight excluding hydrogens is 288 g/mol. The number of rotatable bonds is 7. The summed E-state index contributed by atoms with van der Waals surface area (Å²) in [6.45, 7) is 5.89. The summed E-state index contributed by atoms with van der Waals surface area (Å²) in [5.74, 6) is -0.967. The monoisotopic (exact) mass is 310 g/mol. The van der Waals surface area contributed by atoms with Gasteiger partial charge in [-0.05, 0) is 45.6 Å². The first-order chi connectivity index (χ1) is 9.86. The number of hydrogen-bond acceptors (Lipinski definition) is 3. The summed E-state index contributed by atoms with van der Waals surface area (Å²) in [5.41, 5.74) is 1.70. The Balaban J connectivity index is 3.21. The van der Waals surface area contributed by atoms with E-state index in [1.54, 1.807) is 6.08 Å². The number of halogens is 1. The Hall–Kier alpha value is -1.52. The normalized spacial score (nSPS) is 12.9. The average molecular weight is 311 g/mol. The molecule has 1 aromatic rings. The third kappa shape index (κ3) is 5.06. The Morgan fingerprint density at radius 2 is 2.10 bits per heavy atom. The van der Waals surface area contributed by atoms with Gasteiger partial charge in [-0.15, -0.1) is 0 Å². The van der Waals surface area contributed by atoms with Crippen LogP contribution in [0.25, 0.3) is 6.08 Å². The first kappa shape index (κ1) is 17.5. The van der Waals surface area contributed by atoms with Gasteiger partial charge in [0, 0.05) is 25.2 Å². The lowest BCUT2D eigenvalue weighted by molar-refractivity contribution is -0.131. The second-order valence-corrected chi connectivity index (χ2v) is 5.65. The molecule has 0 saturated carbocycles. The van der Waals surface area contributed by atoms with E-state index in [-0.39, 0.29) is 6.04 Å². The number of carboxylic acid groups (broad SMARTS) is 1. The minimum atomic E-state index is -0.967. The molecule has 0 fully saturated rings. The van der Waals surface area contributed by atoms with Crippen LogP contribution in [0.1, 0.15) is 19.4 Å². The van der Waals surface area contributed by atoms with Crippen LogP contribution in [0.5, 0.6) is 0 Å². The zero-order chi connectivity index (χ0) is 16.0. The molecule has 0 aliphatic carbocycles. The summed E-state index contributed by atoms with van der Waals surface area (Å²) in [5, 5.41) is 9.45. The van der Waals surface area contributed by atoms with Crippen LogP contribution >= 0.6 is 11.6 Å². The van der Waals surface area contributed by atoms with Crippen LogP contribution < -0.4 is 4.90 Å². The van der Waals surface area contributed by atoms with Gasteiger partial charge < -0.3 is 14.9 Å². The van der Waals surface area contributed by atoms with E-state index < -0.39 is 5.97 Å². The number of carboxylic acids is 1. The predicted molar refractivity (Wildman–Crippen MR) is 89.2 cm³/mol. The number of hydrogen-bond donors (Lipinski definition) is 1. The van der Waals surface area contributed by atoms with Gasteiger partial charge in [-0.3, -0.25) is 0 Å². The topological polar surface area (TPSA) is 43.8 Å². The van der Waals surface area contributed by atoms with Gasteiger partial charge in [-0.1, -0.05) is 23.7 Å². The average Bonchev–Trinajstić information content (AvgIpc) is 2.38. The van der Waals surface area contributed by atoms with Crippen molar-refractivity contribution in [3.8, 4) is 0 Å². The number of likely N-dealkylation sites (N-methyl/N-ethyl adjacent to an activating group) is 2. The maximum absolute atomic E-state index is 10.7. The van der Waals surface area contributed by atoms with E-state index in [9.17, 15) is 4.79 Å². The molecule has 116 valence electrons. The number of anilines is 1. The van der Waals surface area contributed by atoms with Crippen LogP contribution in [-0.2, 0) is 4.79 Å². The highest BCUT2D eigenvalue weighted by Gasteiger charge is 2.18. The molecular formula is C16H23ClN2O2. The quantitative estimate of drug-likeness (QED) is 0.785. The number of nitrogens with zero attached hydrogens (tertiary/aromatic N) is 2. The summed E-state index contributed by atoms with van der Waals surface area (Å²) in [6, 6.07) is 5.81. The molecule has 1 atom stereocenters. The van der Waals surface area contributed by atoms with Crippen LogP contribution in [0.2, 0.25) is 5.02 Å². The third-order valence-corrected chi connectivity index (χ3v) is 3.52. The van der Waals surface area contributed by atoms with Crippen molar-refractivity contribution >= 4 is 29.3 Å². The van der Waals surface area contributed by atoms with Gasteiger partial charge in [-0.25, -0.2) is 4.79 Å². The Bertz CT molecular complexity index is 515. The first-order valence-electron chi connectivity index (χ1n) is 6.97. The Morgan fingerprint density at radius 3 is 2.62 bits per heavy atom. The molecule has 0 spiro atoms. The van der Waals surface area contributed by atoms with E-state index in [0.29, 0.717) is 5.02 Å². The van der Waals surface area contributed by atoms with E-state index >= 15 is 0 Å². The Labute approximate surface area is 131 Å². The van der Waals surface area contributed by atoms with Crippen molar-refractivity contribution < 1.29 is 9.90 Å². The van der Waals surface area contributed by atoms with Gasteiger partial charge in [0.1, 0.15) is 0 Å². The molecule has 0 radical (unpaired) electrons. The number of benzene rings is 1. The molecule has 5 heteroatoms. The Morgan fingerprint density at radius 1 is 1.43 bits per heavy atom. The summed E-state index contributed by atoms with van der Waals surface area (Å²) >= 11 is 6.36. The molecule has 21 heavy (non-hydrogen) atoms. The molecule has 4 nitrogen and oxygen atoms in total. The van der Waals surface area contributed by atoms with Gasteiger partial charge in [0.05, 0.1) is 10.7 Å². The van der Waals surface area contributed by atoms with Gasteiger partial charge in [0.25, 0.3) is 0 Å². The molecule has 0 aromatic heterocycles. The van der Waals surface area contributed by atoms with Gasteiger partial charge in [-0.2, -0.15) is 0 Å².